The van der Waals surface area contributed by atoms with E-state index in [2.05, 4.69) is 78.8 Å². The molecule has 1 aromatic heterocycles. The third-order valence-corrected chi connectivity index (χ3v) is 6.83. The van der Waals surface area contributed by atoms with Crippen molar-refractivity contribution in [2.24, 2.45) is 0 Å². The van der Waals surface area contributed by atoms with Crippen LogP contribution in [0.2, 0.25) is 0 Å². The summed E-state index contributed by atoms with van der Waals surface area (Å²) in [5.41, 5.74) is 5.44. The van der Waals surface area contributed by atoms with Gasteiger partial charge in [-0.1, -0.05) is 66.8 Å². The average molecular weight is 404 g/mol. The molecule has 28 heavy (non-hydrogen) atoms. The third kappa shape index (κ3) is 4.48. The number of aromatic amines is 1. The number of thiocarbonyl (C=S) groups is 1. The van der Waals surface area contributed by atoms with Crippen molar-refractivity contribution in [1.29, 1.82) is 0 Å². The Bertz CT molecular complexity index is 1110. The molecule has 0 aliphatic heterocycles. The van der Waals surface area contributed by atoms with E-state index >= 15 is 0 Å². The molecule has 3 aromatic carbocycles. The van der Waals surface area contributed by atoms with Crippen LogP contribution in [0.15, 0.2) is 66.9 Å². The maximum absolute atomic E-state index is 5.63. The molecule has 0 amide bonds. The first-order valence-corrected chi connectivity index (χ1v) is 11.3. The molecular weight excluding hydrogens is 378 g/mol. The Morgan fingerprint density at radius 2 is 1.68 bits per heavy atom. The zero-order valence-electron chi connectivity index (χ0n) is 16.2. The topological polar surface area (TPSA) is 15.8 Å². The Hall–Kier alpha value is -2.10. The van der Waals surface area contributed by atoms with Crippen molar-refractivity contribution in [3.63, 3.8) is 0 Å². The molecule has 0 radical (unpaired) electrons. The molecule has 1 heterocycles. The highest BCUT2D eigenvalue weighted by molar-refractivity contribution is 8.23. The number of aryl methyl sites for hydroxylation is 3. The fraction of sp³-hybridized carbons (Fsp3) is 0.240. The predicted octanol–water partition coefficient (Wildman–Crippen LogP) is 7.26. The van der Waals surface area contributed by atoms with Crippen molar-refractivity contribution >= 4 is 49.9 Å². The fourth-order valence-electron chi connectivity index (χ4n) is 3.78. The number of benzene rings is 3. The minimum atomic E-state index is 1.01. The van der Waals surface area contributed by atoms with Crippen LogP contribution in [-0.4, -0.2) is 14.9 Å². The van der Waals surface area contributed by atoms with Crippen molar-refractivity contribution in [2.75, 3.05) is 5.75 Å². The Labute approximate surface area is 176 Å². The van der Waals surface area contributed by atoms with E-state index in [1.165, 1.54) is 38.4 Å². The van der Waals surface area contributed by atoms with Crippen LogP contribution in [0.4, 0.5) is 0 Å². The lowest BCUT2D eigenvalue weighted by Gasteiger charge is -2.09. The van der Waals surface area contributed by atoms with E-state index in [0.29, 0.717) is 0 Å². The molecule has 142 valence electrons. The number of aromatic nitrogens is 1. The first-order valence-electron chi connectivity index (χ1n) is 9.89. The van der Waals surface area contributed by atoms with Crippen LogP contribution in [-0.2, 0) is 12.8 Å². The molecule has 0 spiro atoms. The fourth-order valence-corrected chi connectivity index (χ4v) is 5.01. The minimum absolute atomic E-state index is 1.01. The highest BCUT2D eigenvalue weighted by Gasteiger charge is 2.06. The molecule has 0 saturated carbocycles. The van der Waals surface area contributed by atoms with E-state index in [4.69, 9.17) is 12.2 Å². The van der Waals surface area contributed by atoms with Gasteiger partial charge in [-0.25, -0.2) is 0 Å². The number of nitrogens with one attached hydrogen (secondary N) is 1. The van der Waals surface area contributed by atoms with Gasteiger partial charge in [-0.15, -0.1) is 11.8 Å². The quantitative estimate of drug-likeness (QED) is 0.327. The Morgan fingerprint density at radius 1 is 0.929 bits per heavy atom. The lowest BCUT2D eigenvalue weighted by molar-refractivity contribution is 0.882. The maximum atomic E-state index is 5.63. The van der Waals surface area contributed by atoms with Gasteiger partial charge in [0.25, 0.3) is 0 Å². The Morgan fingerprint density at radius 3 is 2.54 bits per heavy atom. The van der Waals surface area contributed by atoms with E-state index < -0.39 is 0 Å². The minimum Gasteiger partial charge on any atom is -0.361 e. The number of fused-ring (bicyclic) bond motifs is 2. The second-order valence-corrected chi connectivity index (χ2v) is 9.25. The summed E-state index contributed by atoms with van der Waals surface area (Å²) in [6.45, 7) is 2.21. The zero-order chi connectivity index (χ0) is 19.3. The van der Waals surface area contributed by atoms with Gasteiger partial charge >= 0.3 is 0 Å². The largest absolute Gasteiger partial charge is 0.361 e. The first kappa shape index (κ1) is 19.2. The number of thioether (sulfide) groups is 1. The number of H-pyrrole nitrogens is 1. The highest BCUT2D eigenvalue weighted by atomic mass is 32.2. The van der Waals surface area contributed by atoms with Crippen molar-refractivity contribution in [3.8, 4) is 0 Å². The van der Waals surface area contributed by atoms with Gasteiger partial charge in [0.05, 0.1) is 0 Å². The summed E-state index contributed by atoms with van der Waals surface area (Å²) >= 11 is 7.47. The average Bonchev–Trinajstić information content (AvgIpc) is 3.12. The summed E-state index contributed by atoms with van der Waals surface area (Å²) in [4.78, 5) is 3.36. The van der Waals surface area contributed by atoms with E-state index in [-0.39, 0.29) is 0 Å². The molecule has 0 bridgehead atoms. The van der Waals surface area contributed by atoms with Gasteiger partial charge < -0.3 is 4.98 Å². The number of rotatable bonds is 7. The summed E-state index contributed by atoms with van der Waals surface area (Å²) in [7, 11) is 0. The van der Waals surface area contributed by atoms with Crippen molar-refractivity contribution in [3.05, 3.63) is 83.6 Å². The number of hydrogen-bond donors (Lipinski definition) is 1. The van der Waals surface area contributed by atoms with Crippen LogP contribution in [0.25, 0.3) is 21.7 Å². The molecule has 4 aromatic rings. The Kier molecular flexibility index (Phi) is 6.13. The molecule has 3 heteroatoms. The molecular formula is C25H25NS2. The summed E-state index contributed by atoms with van der Waals surface area (Å²) in [5, 5.41) is 3.99. The van der Waals surface area contributed by atoms with Crippen LogP contribution in [0.5, 0.6) is 0 Å². The second-order valence-electron chi connectivity index (χ2n) is 7.31. The van der Waals surface area contributed by atoms with Crippen LogP contribution < -0.4 is 0 Å². The van der Waals surface area contributed by atoms with Crippen LogP contribution >= 0.6 is 24.0 Å². The predicted molar refractivity (Wildman–Crippen MR) is 129 cm³/mol. The molecule has 4 rings (SSSR count). The SMILES string of the molecule is Cc1cc2ccccc2cc1CCSC(=S)CCCc1c[nH]c2ccccc12. The smallest absolute Gasteiger partial charge is 0.0478 e. The van der Waals surface area contributed by atoms with Gasteiger partial charge in [-0.2, -0.15) is 0 Å². The van der Waals surface area contributed by atoms with E-state index in [0.717, 1.165) is 35.6 Å². The van der Waals surface area contributed by atoms with Gasteiger partial charge in [0.2, 0.25) is 0 Å². The molecule has 1 N–H and O–H groups in total. The molecule has 0 aliphatic rings. The van der Waals surface area contributed by atoms with Gasteiger partial charge in [-0.05, 0) is 66.1 Å². The zero-order valence-corrected chi connectivity index (χ0v) is 17.8. The van der Waals surface area contributed by atoms with Crippen molar-refractivity contribution in [1.82, 2.24) is 4.98 Å². The van der Waals surface area contributed by atoms with Gasteiger partial charge in [0.15, 0.2) is 0 Å². The van der Waals surface area contributed by atoms with Gasteiger partial charge in [0, 0.05) is 27.0 Å². The van der Waals surface area contributed by atoms with E-state index in [1.54, 1.807) is 0 Å². The standard InChI is InChI=1S/C25H25NS2/c1-18-15-20-7-2-3-8-21(20)16-19(18)13-14-28-25(27)12-6-9-22-17-26-24-11-5-4-10-23(22)24/h2-5,7-8,10-11,15-17,26H,6,9,12-14H2,1H3. The second kappa shape index (κ2) is 8.93. The number of para-hydroxylation sites is 1. The van der Waals surface area contributed by atoms with Crippen molar-refractivity contribution in [2.45, 2.75) is 32.6 Å². The van der Waals surface area contributed by atoms with Crippen molar-refractivity contribution < 1.29 is 0 Å². The number of hydrogen-bond acceptors (Lipinski definition) is 2. The lowest BCUT2D eigenvalue weighted by Crippen LogP contribution is -1.97. The van der Waals surface area contributed by atoms with Crippen LogP contribution in [0.1, 0.15) is 29.5 Å². The normalized spacial score (nSPS) is 11.3. The molecule has 0 atom stereocenters. The lowest BCUT2D eigenvalue weighted by atomic mass is 10.0. The Balaban J connectivity index is 1.25. The third-order valence-electron chi connectivity index (χ3n) is 5.34. The molecule has 0 fully saturated rings. The highest BCUT2D eigenvalue weighted by Crippen LogP contribution is 2.23. The van der Waals surface area contributed by atoms with E-state index in [1.807, 2.05) is 11.8 Å². The van der Waals surface area contributed by atoms with E-state index in [9.17, 15) is 0 Å². The summed E-state index contributed by atoms with van der Waals surface area (Å²) in [6.07, 6.45) is 6.42. The maximum Gasteiger partial charge on any atom is 0.0478 e. The monoisotopic (exact) mass is 403 g/mol. The molecule has 0 aliphatic carbocycles. The van der Waals surface area contributed by atoms with Gasteiger partial charge in [0.1, 0.15) is 0 Å². The van der Waals surface area contributed by atoms with Gasteiger partial charge in [-0.3, -0.25) is 0 Å². The summed E-state index contributed by atoms with van der Waals surface area (Å²) < 4.78 is 1.14. The summed E-state index contributed by atoms with van der Waals surface area (Å²) in [5.74, 6) is 1.06. The first-order chi connectivity index (χ1) is 13.7. The molecule has 1 nitrogen and oxygen atoms in total. The molecule has 0 unspecified atom stereocenters. The van der Waals surface area contributed by atoms with Crippen LogP contribution in [0, 0.1) is 6.92 Å². The van der Waals surface area contributed by atoms with Crippen LogP contribution in [0.3, 0.4) is 0 Å². The summed E-state index contributed by atoms with van der Waals surface area (Å²) in [6, 6.07) is 21.7. The molecule has 0 saturated heterocycles.